The molecule has 0 radical (unpaired) electrons. The number of hydrogen-bond acceptors (Lipinski definition) is 7. The summed E-state index contributed by atoms with van der Waals surface area (Å²) in [5, 5.41) is 6.21. The van der Waals surface area contributed by atoms with E-state index in [1.807, 2.05) is 4.90 Å². The van der Waals surface area contributed by atoms with Crippen LogP contribution in [0.4, 0.5) is 15.2 Å². The summed E-state index contributed by atoms with van der Waals surface area (Å²) in [6, 6.07) is 4.83. The third-order valence-corrected chi connectivity index (χ3v) is 7.16. The van der Waals surface area contributed by atoms with Gasteiger partial charge in [-0.1, -0.05) is 17.4 Å². The minimum atomic E-state index is -0.535. The number of carbonyl (C=O) groups is 2. The van der Waals surface area contributed by atoms with Gasteiger partial charge in [0.15, 0.2) is 10.8 Å². The van der Waals surface area contributed by atoms with Crippen LogP contribution in [0.1, 0.15) is 31.2 Å². The topological polar surface area (TPSA) is 109 Å². The van der Waals surface area contributed by atoms with Crippen LogP contribution >= 0.6 is 11.3 Å². The lowest BCUT2D eigenvalue weighted by Crippen LogP contribution is -2.43. The number of nitrogens with one attached hydrogen (secondary N) is 2. The van der Waals surface area contributed by atoms with E-state index in [0.717, 1.165) is 37.8 Å². The lowest BCUT2D eigenvalue weighted by atomic mass is 9.97. The molecule has 1 aliphatic heterocycles. The Balaban J connectivity index is 1.30. The van der Waals surface area contributed by atoms with Crippen LogP contribution in [0, 0.1) is 18.7 Å². The Morgan fingerprint density at radius 3 is 2.85 bits per heavy atom. The zero-order chi connectivity index (χ0) is 23.8. The predicted molar refractivity (Wildman–Crippen MR) is 128 cm³/mol. The number of fused-ring (bicyclic) bond motifs is 1. The van der Waals surface area contributed by atoms with E-state index in [0.29, 0.717) is 28.1 Å². The van der Waals surface area contributed by atoms with Crippen molar-refractivity contribution in [3.05, 3.63) is 46.3 Å². The monoisotopic (exact) mass is 484 g/mol. The molecule has 2 fully saturated rings. The average Bonchev–Trinajstić information content (AvgIpc) is 3.52. The van der Waals surface area contributed by atoms with E-state index < -0.39 is 11.7 Å². The molecule has 0 spiro atoms. The second kappa shape index (κ2) is 9.13. The van der Waals surface area contributed by atoms with Crippen LogP contribution in [-0.4, -0.2) is 45.5 Å². The SMILES string of the molecule is Cc1ccc(NC(=O)Cn2cnc3nc(N4CCC[C@@H](C(=O)NC5CC5)C4)sc3c2=O)c(F)c1. The molecule has 0 unspecified atom stereocenters. The second-order valence-electron chi connectivity index (χ2n) is 8.93. The Morgan fingerprint density at radius 1 is 1.26 bits per heavy atom. The fourth-order valence-corrected chi connectivity index (χ4v) is 5.06. The molecule has 2 aromatic heterocycles. The van der Waals surface area contributed by atoms with Crippen molar-refractivity contribution in [1.29, 1.82) is 0 Å². The third kappa shape index (κ3) is 4.79. The maximum atomic E-state index is 14.0. The van der Waals surface area contributed by atoms with Gasteiger partial charge in [0.05, 0.1) is 11.6 Å². The summed E-state index contributed by atoms with van der Waals surface area (Å²) in [7, 11) is 0. The van der Waals surface area contributed by atoms with Crippen molar-refractivity contribution >= 4 is 44.3 Å². The quantitative estimate of drug-likeness (QED) is 0.556. The van der Waals surface area contributed by atoms with Crippen molar-refractivity contribution in [2.75, 3.05) is 23.3 Å². The van der Waals surface area contributed by atoms with E-state index in [1.165, 1.54) is 34.4 Å². The van der Waals surface area contributed by atoms with E-state index in [9.17, 15) is 18.8 Å². The molecule has 2 amide bonds. The van der Waals surface area contributed by atoms with Gasteiger partial charge in [0, 0.05) is 19.1 Å². The van der Waals surface area contributed by atoms with Gasteiger partial charge in [-0.2, -0.15) is 4.98 Å². The summed E-state index contributed by atoms with van der Waals surface area (Å²) in [6.45, 7) is 2.77. The van der Waals surface area contributed by atoms with E-state index in [4.69, 9.17) is 0 Å². The molecule has 9 nitrogen and oxygen atoms in total. The van der Waals surface area contributed by atoms with Crippen LogP contribution in [0.2, 0.25) is 0 Å². The maximum absolute atomic E-state index is 14.0. The van der Waals surface area contributed by atoms with Gasteiger partial charge in [0.1, 0.15) is 23.4 Å². The normalized spacial score (nSPS) is 18.2. The Morgan fingerprint density at radius 2 is 2.09 bits per heavy atom. The average molecular weight is 485 g/mol. The molecular formula is C23H25FN6O3S. The van der Waals surface area contributed by atoms with Gasteiger partial charge in [0.25, 0.3) is 5.56 Å². The van der Waals surface area contributed by atoms with Gasteiger partial charge in [-0.05, 0) is 50.3 Å². The Hall–Kier alpha value is -3.34. The van der Waals surface area contributed by atoms with Gasteiger partial charge in [-0.15, -0.1) is 0 Å². The number of rotatable bonds is 6. The molecule has 178 valence electrons. The van der Waals surface area contributed by atoms with E-state index in [-0.39, 0.29) is 29.6 Å². The molecule has 5 rings (SSSR count). The Kier molecular flexibility index (Phi) is 6.03. The van der Waals surface area contributed by atoms with E-state index in [2.05, 4.69) is 20.6 Å². The number of aromatic nitrogens is 3. The molecule has 1 saturated heterocycles. The first-order valence-corrected chi connectivity index (χ1v) is 12.2. The summed E-state index contributed by atoms with van der Waals surface area (Å²) in [6.07, 6.45) is 5.08. The fourth-order valence-electron chi connectivity index (χ4n) is 4.06. The molecule has 1 aliphatic carbocycles. The highest BCUT2D eigenvalue weighted by Crippen LogP contribution is 2.30. The Labute approximate surface area is 199 Å². The molecule has 3 heterocycles. The summed E-state index contributed by atoms with van der Waals surface area (Å²) in [5.74, 6) is -1.08. The number of carbonyl (C=O) groups excluding carboxylic acids is 2. The summed E-state index contributed by atoms with van der Waals surface area (Å²) in [5.41, 5.74) is 0.734. The van der Waals surface area contributed by atoms with E-state index in [1.54, 1.807) is 13.0 Å². The smallest absolute Gasteiger partial charge is 0.273 e. The minimum absolute atomic E-state index is 0.0585. The number of nitrogens with zero attached hydrogens (tertiary/aromatic N) is 4. The number of aryl methyl sites for hydroxylation is 1. The van der Waals surface area contributed by atoms with Crippen molar-refractivity contribution in [2.24, 2.45) is 5.92 Å². The third-order valence-electron chi connectivity index (χ3n) is 6.07. The molecule has 3 aromatic rings. The van der Waals surface area contributed by atoms with Crippen molar-refractivity contribution < 1.29 is 14.0 Å². The van der Waals surface area contributed by atoms with Crippen LogP contribution in [0.5, 0.6) is 0 Å². The molecule has 0 bridgehead atoms. The van der Waals surface area contributed by atoms with Crippen LogP contribution in [0.25, 0.3) is 10.3 Å². The number of hydrogen-bond donors (Lipinski definition) is 2. The van der Waals surface area contributed by atoms with E-state index >= 15 is 0 Å². The molecule has 1 saturated carbocycles. The molecular weight excluding hydrogens is 459 g/mol. The first kappa shape index (κ1) is 22.5. The van der Waals surface area contributed by atoms with Gasteiger partial charge in [-0.25, -0.2) is 9.37 Å². The summed E-state index contributed by atoms with van der Waals surface area (Å²) in [4.78, 5) is 48.7. The number of piperidine rings is 1. The standard InChI is InChI=1S/C23H25FN6O3S/c1-13-4-7-17(16(24)9-13)27-18(31)11-30-12-25-20-19(22(30)33)34-23(28-20)29-8-2-3-14(10-29)21(32)26-15-5-6-15/h4,7,9,12,14-15H,2-3,5-6,8,10-11H2,1H3,(H,26,32)(H,27,31)/t14-/m1/s1. The largest absolute Gasteiger partial charge is 0.353 e. The Bertz CT molecular complexity index is 1320. The van der Waals surface area contributed by atoms with Crippen LogP contribution in [0.3, 0.4) is 0 Å². The first-order valence-electron chi connectivity index (χ1n) is 11.3. The molecule has 1 aromatic carbocycles. The molecule has 2 aliphatic rings. The van der Waals surface area contributed by atoms with Crippen molar-refractivity contribution in [3.8, 4) is 0 Å². The van der Waals surface area contributed by atoms with Crippen LogP contribution in [0.15, 0.2) is 29.3 Å². The first-order chi connectivity index (χ1) is 16.4. The number of thiazole rings is 1. The zero-order valence-corrected chi connectivity index (χ0v) is 19.5. The number of amides is 2. The summed E-state index contributed by atoms with van der Waals surface area (Å²) < 4.78 is 15.6. The van der Waals surface area contributed by atoms with Gasteiger partial charge < -0.3 is 15.5 Å². The molecule has 1 atom stereocenters. The fraction of sp³-hybridized carbons (Fsp3) is 0.435. The lowest BCUT2D eigenvalue weighted by molar-refractivity contribution is -0.125. The lowest BCUT2D eigenvalue weighted by Gasteiger charge is -2.31. The molecule has 34 heavy (non-hydrogen) atoms. The highest BCUT2D eigenvalue weighted by atomic mass is 32.1. The predicted octanol–water partition coefficient (Wildman–Crippen LogP) is 2.43. The highest BCUT2D eigenvalue weighted by molar-refractivity contribution is 7.22. The minimum Gasteiger partial charge on any atom is -0.353 e. The van der Waals surface area contributed by atoms with Crippen molar-refractivity contribution in [1.82, 2.24) is 19.9 Å². The molecule has 11 heteroatoms. The van der Waals surface area contributed by atoms with Gasteiger partial charge in [0.2, 0.25) is 11.8 Å². The number of benzene rings is 1. The van der Waals surface area contributed by atoms with Crippen molar-refractivity contribution in [2.45, 2.75) is 45.2 Å². The number of anilines is 2. The van der Waals surface area contributed by atoms with Gasteiger partial charge in [-0.3, -0.25) is 19.0 Å². The second-order valence-corrected chi connectivity index (χ2v) is 9.90. The molecule has 2 N–H and O–H groups in total. The van der Waals surface area contributed by atoms with Gasteiger partial charge >= 0.3 is 0 Å². The highest BCUT2D eigenvalue weighted by Gasteiger charge is 2.31. The van der Waals surface area contributed by atoms with Crippen molar-refractivity contribution in [3.63, 3.8) is 0 Å². The maximum Gasteiger partial charge on any atom is 0.273 e. The summed E-state index contributed by atoms with van der Waals surface area (Å²) >= 11 is 1.22. The van der Waals surface area contributed by atoms with Crippen LogP contribution in [-0.2, 0) is 16.1 Å². The number of halogens is 1. The zero-order valence-electron chi connectivity index (χ0n) is 18.7. The van der Waals surface area contributed by atoms with Crippen LogP contribution < -0.4 is 21.1 Å².